The smallest absolute Gasteiger partial charge is 0.223 e. The van der Waals surface area contributed by atoms with Gasteiger partial charge in [-0.1, -0.05) is 12.8 Å². The Morgan fingerprint density at radius 3 is 2.38 bits per heavy atom. The third-order valence-electron chi connectivity index (χ3n) is 4.87. The normalized spacial score (nSPS) is 39.4. The van der Waals surface area contributed by atoms with E-state index in [1.165, 1.54) is 6.42 Å². The lowest BCUT2D eigenvalue weighted by Gasteiger charge is -2.29. The predicted molar refractivity (Wildman–Crippen MR) is 60.7 cm³/mol. The highest BCUT2D eigenvalue weighted by molar-refractivity contribution is 5.80. The fourth-order valence-corrected chi connectivity index (χ4v) is 3.67. The maximum atomic E-state index is 12.1. The van der Waals surface area contributed by atoms with Crippen molar-refractivity contribution >= 4 is 5.91 Å². The summed E-state index contributed by atoms with van der Waals surface area (Å²) < 4.78 is 0. The van der Waals surface area contributed by atoms with E-state index in [1.54, 1.807) is 0 Å². The van der Waals surface area contributed by atoms with Gasteiger partial charge >= 0.3 is 0 Å². The topological polar surface area (TPSA) is 49.3 Å². The summed E-state index contributed by atoms with van der Waals surface area (Å²) >= 11 is 0. The molecule has 3 aliphatic carbocycles. The van der Waals surface area contributed by atoms with E-state index < -0.39 is 0 Å². The molecule has 0 aliphatic heterocycles. The molecule has 16 heavy (non-hydrogen) atoms. The Morgan fingerprint density at radius 2 is 1.81 bits per heavy atom. The van der Waals surface area contributed by atoms with Crippen molar-refractivity contribution in [1.29, 1.82) is 0 Å². The van der Waals surface area contributed by atoms with Crippen LogP contribution < -0.4 is 5.32 Å². The highest BCUT2D eigenvalue weighted by Gasteiger charge is 2.49. The largest absolute Gasteiger partial charge is 0.394 e. The van der Waals surface area contributed by atoms with Crippen LogP contribution in [0.2, 0.25) is 0 Å². The zero-order valence-corrected chi connectivity index (χ0v) is 9.74. The fraction of sp³-hybridized carbons (Fsp3) is 0.923. The zero-order chi connectivity index (χ0) is 11.2. The second-order valence-electron chi connectivity index (χ2n) is 6.06. The van der Waals surface area contributed by atoms with Crippen molar-refractivity contribution in [3.8, 4) is 0 Å². The summed E-state index contributed by atoms with van der Waals surface area (Å²) in [5.41, 5.74) is -0.274. The summed E-state index contributed by atoms with van der Waals surface area (Å²) in [5.74, 6) is 2.16. The summed E-state index contributed by atoms with van der Waals surface area (Å²) in [6, 6.07) is 0. The van der Waals surface area contributed by atoms with Crippen LogP contribution in [0.3, 0.4) is 0 Å². The van der Waals surface area contributed by atoms with E-state index in [1.807, 2.05) is 0 Å². The maximum absolute atomic E-state index is 12.1. The minimum Gasteiger partial charge on any atom is -0.394 e. The molecular formula is C13H21NO2. The number of nitrogens with one attached hydrogen (secondary N) is 1. The summed E-state index contributed by atoms with van der Waals surface area (Å²) in [7, 11) is 0. The number of hydrogen-bond donors (Lipinski definition) is 2. The van der Waals surface area contributed by atoms with Gasteiger partial charge in [0.2, 0.25) is 5.91 Å². The number of aliphatic hydroxyl groups excluding tert-OH is 1. The number of carbonyl (C=O) groups is 1. The molecule has 2 atom stereocenters. The predicted octanol–water partition coefficient (Wildman–Crippen LogP) is 1.45. The van der Waals surface area contributed by atoms with Gasteiger partial charge in [0.15, 0.2) is 0 Å². The molecule has 0 aromatic carbocycles. The minimum atomic E-state index is -0.274. The van der Waals surface area contributed by atoms with Crippen LogP contribution in [0.5, 0.6) is 0 Å². The number of amides is 1. The first-order valence-corrected chi connectivity index (χ1v) is 6.65. The molecule has 2 N–H and O–H groups in total. The lowest BCUT2D eigenvalue weighted by molar-refractivity contribution is -0.127. The lowest BCUT2D eigenvalue weighted by Crippen LogP contribution is -2.51. The summed E-state index contributed by atoms with van der Waals surface area (Å²) in [6.07, 6.45) is 7.72. The molecular weight excluding hydrogens is 202 g/mol. The van der Waals surface area contributed by atoms with Gasteiger partial charge in [-0.2, -0.15) is 0 Å². The number of fused-ring (bicyclic) bond motifs is 1. The Hall–Kier alpha value is -0.570. The molecule has 3 fully saturated rings. The number of carbonyl (C=O) groups excluding carboxylic acids is 1. The molecule has 3 saturated carbocycles. The highest BCUT2D eigenvalue weighted by atomic mass is 16.3. The van der Waals surface area contributed by atoms with Gasteiger partial charge in [0, 0.05) is 5.92 Å². The molecule has 90 valence electrons. The van der Waals surface area contributed by atoms with Gasteiger partial charge < -0.3 is 10.4 Å². The van der Waals surface area contributed by atoms with Crippen LogP contribution in [-0.2, 0) is 4.79 Å². The van der Waals surface area contributed by atoms with Crippen molar-refractivity contribution in [3.63, 3.8) is 0 Å². The Bertz CT molecular complexity index is 286. The van der Waals surface area contributed by atoms with Gasteiger partial charge in [-0.15, -0.1) is 0 Å². The lowest BCUT2D eigenvalue weighted by atomic mass is 9.95. The average molecular weight is 223 g/mol. The van der Waals surface area contributed by atoms with Crippen molar-refractivity contribution < 1.29 is 9.90 Å². The van der Waals surface area contributed by atoms with Crippen molar-refractivity contribution in [2.45, 2.75) is 50.5 Å². The third-order valence-corrected chi connectivity index (χ3v) is 4.87. The number of rotatable bonds is 3. The van der Waals surface area contributed by atoms with Crippen molar-refractivity contribution in [1.82, 2.24) is 5.32 Å². The molecule has 0 heterocycles. The maximum Gasteiger partial charge on any atom is 0.223 e. The number of aliphatic hydroxyl groups is 1. The minimum absolute atomic E-state index is 0.109. The van der Waals surface area contributed by atoms with E-state index in [0.717, 1.165) is 50.4 Å². The van der Waals surface area contributed by atoms with Gasteiger partial charge in [0.25, 0.3) is 0 Å². The van der Waals surface area contributed by atoms with Gasteiger partial charge in [-0.25, -0.2) is 0 Å². The molecule has 3 aliphatic rings. The second kappa shape index (κ2) is 3.73. The van der Waals surface area contributed by atoms with Crippen LogP contribution in [0.25, 0.3) is 0 Å². The molecule has 0 radical (unpaired) electrons. The van der Waals surface area contributed by atoms with Gasteiger partial charge in [0.1, 0.15) is 0 Å². The van der Waals surface area contributed by atoms with Gasteiger partial charge in [-0.05, 0) is 43.9 Å². The summed E-state index contributed by atoms with van der Waals surface area (Å²) in [5, 5.41) is 12.6. The van der Waals surface area contributed by atoms with Gasteiger partial charge in [0.05, 0.1) is 12.1 Å². The molecule has 0 aromatic rings. The van der Waals surface area contributed by atoms with E-state index in [-0.39, 0.29) is 24.0 Å². The Balaban J connectivity index is 1.58. The van der Waals surface area contributed by atoms with Crippen LogP contribution in [0, 0.1) is 17.8 Å². The van der Waals surface area contributed by atoms with E-state index in [2.05, 4.69) is 5.32 Å². The first-order valence-electron chi connectivity index (χ1n) is 6.65. The molecule has 0 aromatic heterocycles. The molecule has 0 spiro atoms. The Morgan fingerprint density at radius 1 is 1.19 bits per heavy atom. The molecule has 3 rings (SSSR count). The second-order valence-corrected chi connectivity index (χ2v) is 6.06. The van der Waals surface area contributed by atoms with Crippen LogP contribution in [-0.4, -0.2) is 23.2 Å². The standard InChI is InChI=1S/C13H21NO2/c15-8-13(3-1-2-4-13)14-12(16)11-6-9-5-10(9)7-11/h9-11,15H,1-8H2,(H,14,16). The number of hydrogen-bond acceptors (Lipinski definition) is 2. The van der Waals surface area contributed by atoms with Crippen molar-refractivity contribution in [2.75, 3.05) is 6.61 Å². The van der Waals surface area contributed by atoms with Crippen LogP contribution in [0.4, 0.5) is 0 Å². The Kier molecular flexibility index (Phi) is 2.46. The van der Waals surface area contributed by atoms with Crippen molar-refractivity contribution in [2.24, 2.45) is 17.8 Å². The Labute approximate surface area is 96.6 Å². The van der Waals surface area contributed by atoms with E-state index in [4.69, 9.17) is 0 Å². The molecule has 0 saturated heterocycles. The first kappa shape index (κ1) is 10.6. The fourth-order valence-electron chi connectivity index (χ4n) is 3.67. The SMILES string of the molecule is O=C(NC1(CO)CCCC1)C1CC2CC2C1. The average Bonchev–Trinajstić information content (AvgIpc) is 2.74. The first-order chi connectivity index (χ1) is 7.72. The zero-order valence-electron chi connectivity index (χ0n) is 9.74. The van der Waals surface area contributed by atoms with Gasteiger partial charge in [-0.3, -0.25) is 4.79 Å². The monoisotopic (exact) mass is 223 g/mol. The highest BCUT2D eigenvalue weighted by Crippen LogP contribution is 2.54. The van der Waals surface area contributed by atoms with E-state index in [0.29, 0.717) is 0 Å². The van der Waals surface area contributed by atoms with Crippen molar-refractivity contribution in [3.05, 3.63) is 0 Å². The third kappa shape index (κ3) is 1.75. The molecule has 2 unspecified atom stereocenters. The molecule has 3 nitrogen and oxygen atoms in total. The van der Waals surface area contributed by atoms with E-state index >= 15 is 0 Å². The van der Waals surface area contributed by atoms with Crippen LogP contribution >= 0.6 is 0 Å². The summed E-state index contributed by atoms with van der Waals surface area (Å²) in [4.78, 5) is 12.1. The molecule has 3 heteroatoms. The molecule has 1 amide bonds. The summed E-state index contributed by atoms with van der Waals surface area (Å²) in [6.45, 7) is 0.109. The van der Waals surface area contributed by atoms with E-state index in [9.17, 15) is 9.90 Å². The quantitative estimate of drug-likeness (QED) is 0.761. The molecule has 0 bridgehead atoms. The van der Waals surface area contributed by atoms with Crippen LogP contribution in [0.15, 0.2) is 0 Å². The van der Waals surface area contributed by atoms with Crippen LogP contribution in [0.1, 0.15) is 44.9 Å².